The monoisotopic (exact) mass is 477 g/mol. The summed E-state index contributed by atoms with van der Waals surface area (Å²) in [6.07, 6.45) is -1.05. The van der Waals surface area contributed by atoms with Gasteiger partial charge in [0.15, 0.2) is 6.10 Å². The molecule has 9 heteroatoms. The highest BCUT2D eigenvalue weighted by molar-refractivity contribution is 6.35. The number of hydrogen-bond acceptors (Lipinski definition) is 6. The summed E-state index contributed by atoms with van der Waals surface area (Å²) in [6, 6.07) is 9.82. The van der Waals surface area contributed by atoms with Crippen molar-refractivity contribution in [1.82, 2.24) is 0 Å². The topological polar surface area (TPSA) is 94.8 Å². The minimum absolute atomic E-state index is 0.0944. The van der Waals surface area contributed by atoms with Crippen molar-refractivity contribution in [3.05, 3.63) is 68.0 Å². The number of anilines is 1. The molecule has 0 spiro atoms. The third-order valence-corrected chi connectivity index (χ3v) is 5.50. The number of amides is 1. The maximum Gasteiger partial charge on any atom is 0.339 e. The molecule has 0 bridgehead atoms. The minimum Gasteiger partial charge on any atom is -0.497 e. The minimum atomic E-state index is -1.07. The van der Waals surface area contributed by atoms with Crippen LogP contribution in [0.5, 0.6) is 5.75 Å². The molecule has 3 rings (SSSR count). The van der Waals surface area contributed by atoms with Gasteiger partial charge in [-0.1, -0.05) is 23.2 Å². The molecule has 0 saturated carbocycles. The van der Waals surface area contributed by atoms with Crippen LogP contribution < -0.4 is 15.7 Å². The Bertz CT molecular complexity index is 1240. The molecule has 1 atom stereocenters. The third-order valence-electron chi connectivity index (χ3n) is 4.94. The van der Waals surface area contributed by atoms with Gasteiger partial charge in [0.2, 0.25) is 0 Å². The van der Waals surface area contributed by atoms with Crippen molar-refractivity contribution in [1.29, 1.82) is 0 Å². The van der Waals surface area contributed by atoms with E-state index < -0.39 is 23.6 Å². The van der Waals surface area contributed by atoms with Gasteiger partial charge in [-0.2, -0.15) is 0 Å². The Morgan fingerprint density at radius 3 is 2.62 bits per heavy atom. The molecule has 1 N–H and O–H groups in total. The second-order valence-corrected chi connectivity index (χ2v) is 7.94. The maximum absolute atomic E-state index is 12.4. The lowest BCUT2D eigenvalue weighted by molar-refractivity contribution is -0.153. The zero-order valence-electron chi connectivity index (χ0n) is 17.7. The predicted molar refractivity (Wildman–Crippen MR) is 123 cm³/mol. The standard InChI is InChI=1S/C23H21Cl2NO6/c1-12-16-6-5-15(30-3)11-20(16)32-23(29)17(12)7-9-21(27)31-13(2)22(28)26-19-10-14(24)4-8-18(19)25/h4-6,8,10-11,13H,7,9H2,1-3H3,(H,26,28). The fourth-order valence-corrected chi connectivity index (χ4v) is 3.49. The van der Waals surface area contributed by atoms with Crippen molar-refractivity contribution in [2.24, 2.45) is 0 Å². The first kappa shape index (κ1) is 23.6. The zero-order valence-corrected chi connectivity index (χ0v) is 19.2. The highest BCUT2D eigenvalue weighted by atomic mass is 35.5. The van der Waals surface area contributed by atoms with Crippen molar-refractivity contribution in [3.63, 3.8) is 0 Å². The molecule has 0 aliphatic carbocycles. The predicted octanol–water partition coefficient (Wildman–Crippen LogP) is 4.92. The first-order valence-corrected chi connectivity index (χ1v) is 10.5. The highest BCUT2D eigenvalue weighted by Crippen LogP contribution is 2.26. The molecule has 3 aromatic rings. The van der Waals surface area contributed by atoms with Gasteiger partial charge in [0, 0.05) is 28.5 Å². The number of rotatable bonds is 7. The van der Waals surface area contributed by atoms with Crippen LogP contribution in [-0.4, -0.2) is 25.1 Å². The molecule has 1 unspecified atom stereocenters. The van der Waals surface area contributed by atoms with Gasteiger partial charge in [-0.05, 0) is 56.2 Å². The largest absolute Gasteiger partial charge is 0.497 e. The number of aryl methyl sites for hydroxylation is 1. The molecular weight excluding hydrogens is 457 g/mol. The molecule has 168 valence electrons. The van der Waals surface area contributed by atoms with Gasteiger partial charge < -0.3 is 19.2 Å². The Hall–Kier alpha value is -3.03. The van der Waals surface area contributed by atoms with Gasteiger partial charge in [-0.15, -0.1) is 0 Å². The highest BCUT2D eigenvalue weighted by Gasteiger charge is 2.20. The lowest BCUT2D eigenvalue weighted by Crippen LogP contribution is -2.30. The molecule has 1 amide bonds. The van der Waals surface area contributed by atoms with Crippen molar-refractivity contribution in [2.45, 2.75) is 32.8 Å². The van der Waals surface area contributed by atoms with E-state index in [2.05, 4.69) is 5.32 Å². The lowest BCUT2D eigenvalue weighted by atomic mass is 10.0. The molecule has 0 fully saturated rings. The second-order valence-electron chi connectivity index (χ2n) is 7.10. The van der Waals surface area contributed by atoms with E-state index in [-0.39, 0.29) is 12.8 Å². The van der Waals surface area contributed by atoms with Crippen LogP contribution in [0.3, 0.4) is 0 Å². The number of fused-ring (bicyclic) bond motifs is 1. The van der Waals surface area contributed by atoms with Gasteiger partial charge >= 0.3 is 11.6 Å². The van der Waals surface area contributed by atoms with Crippen LogP contribution in [0.15, 0.2) is 45.6 Å². The van der Waals surface area contributed by atoms with E-state index in [1.807, 2.05) is 0 Å². The number of nitrogens with one attached hydrogen (secondary N) is 1. The number of benzene rings is 2. The molecule has 2 aromatic carbocycles. The average Bonchev–Trinajstić information content (AvgIpc) is 2.75. The van der Waals surface area contributed by atoms with Crippen molar-refractivity contribution in [2.75, 3.05) is 12.4 Å². The molecule has 0 aliphatic heterocycles. The summed E-state index contributed by atoms with van der Waals surface area (Å²) in [5.41, 5.74) is 1.28. The van der Waals surface area contributed by atoms with Crippen LogP contribution in [0, 0.1) is 6.92 Å². The second kappa shape index (κ2) is 10.1. The van der Waals surface area contributed by atoms with Crippen LogP contribution in [0.25, 0.3) is 11.0 Å². The van der Waals surface area contributed by atoms with Crippen LogP contribution in [0.2, 0.25) is 10.0 Å². The number of carbonyl (C=O) groups is 2. The Morgan fingerprint density at radius 1 is 1.16 bits per heavy atom. The van der Waals surface area contributed by atoms with E-state index in [1.54, 1.807) is 37.3 Å². The van der Waals surface area contributed by atoms with Crippen LogP contribution in [0.4, 0.5) is 5.69 Å². The van der Waals surface area contributed by atoms with E-state index in [0.717, 1.165) is 5.39 Å². The van der Waals surface area contributed by atoms with Gasteiger partial charge in [-0.3, -0.25) is 9.59 Å². The molecule has 7 nitrogen and oxygen atoms in total. The molecule has 1 heterocycles. The van der Waals surface area contributed by atoms with Crippen molar-refractivity contribution < 1.29 is 23.5 Å². The van der Waals surface area contributed by atoms with Crippen molar-refractivity contribution >= 4 is 51.7 Å². The summed E-state index contributed by atoms with van der Waals surface area (Å²) in [7, 11) is 1.52. The molecule has 32 heavy (non-hydrogen) atoms. The van der Waals surface area contributed by atoms with E-state index in [4.69, 9.17) is 37.1 Å². The van der Waals surface area contributed by atoms with E-state index >= 15 is 0 Å². The first-order valence-electron chi connectivity index (χ1n) is 9.75. The number of esters is 1. The summed E-state index contributed by atoms with van der Waals surface area (Å²) in [6.45, 7) is 3.23. The molecule has 0 aliphatic rings. The summed E-state index contributed by atoms with van der Waals surface area (Å²) in [5.74, 6) is -0.612. The SMILES string of the molecule is COc1ccc2c(C)c(CCC(=O)OC(C)C(=O)Nc3cc(Cl)ccc3Cl)c(=O)oc2c1. The van der Waals surface area contributed by atoms with Gasteiger partial charge in [0.25, 0.3) is 5.91 Å². The molecule has 1 aromatic heterocycles. The smallest absolute Gasteiger partial charge is 0.339 e. The Morgan fingerprint density at radius 2 is 1.91 bits per heavy atom. The van der Waals surface area contributed by atoms with Crippen LogP contribution >= 0.6 is 23.2 Å². The summed E-state index contributed by atoms with van der Waals surface area (Å²) in [5, 5.41) is 4.02. The number of hydrogen-bond donors (Lipinski definition) is 1. The lowest BCUT2D eigenvalue weighted by Gasteiger charge is -2.14. The fourth-order valence-electron chi connectivity index (χ4n) is 3.15. The molecular formula is C23H21Cl2NO6. The third kappa shape index (κ3) is 5.41. The number of carbonyl (C=O) groups excluding carboxylic acids is 2. The first-order chi connectivity index (χ1) is 15.2. The number of ether oxygens (including phenoxy) is 2. The van der Waals surface area contributed by atoms with E-state index in [9.17, 15) is 14.4 Å². The van der Waals surface area contributed by atoms with Gasteiger partial charge in [0.1, 0.15) is 11.3 Å². The summed E-state index contributed by atoms with van der Waals surface area (Å²) >= 11 is 11.9. The average molecular weight is 478 g/mol. The van der Waals surface area contributed by atoms with Gasteiger partial charge in [-0.25, -0.2) is 4.79 Å². The Labute approximate surface area is 194 Å². The summed E-state index contributed by atoms with van der Waals surface area (Å²) < 4.78 is 15.7. The fraction of sp³-hybridized carbons (Fsp3) is 0.261. The van der Waals surface area contributed by atoms with E-state index in [1.165, 1.54) is 20.1 Å². The van der Waals surface area contributed by atoms with E-state index in [0.29, 0.717) is 38.2 Å². The summed E-state index contributed by atoms with van der Waals surface area (Å²) in [4.78, 5) is 37.0. The normalized spacial score (nSPS) is 11.8. The van der Waals surface area contributed by atoms with Crippen LogP contribution in [0.1, 0.15) is 24.5 Å². The van der Waals surface area contributed by atoms with Gasteiger partial charge in [0.05, 0.1) is 17.8 Å². The number of halogens is 2. The number of methoxy groups -OCH3 is 1. The quantitative estimate of drug-likeness (QED) is 0.383. The Balaban J connectivity index is 1.64. The van der Waals surface area contributed by atoms with Crippen LogP contribution in [-0.2, 0) is 20.7 Å². The maximum atomic E-state index is 12.4. The molecule has 0 radical (unpaired) electrons. The zero-order chi connectivity index (χ0) is 23.4. The van der Waals surface area contributed by atoms with Crippen molar-refractivity contribution in [3.8, 4) is 5.75 Å². The Kier molecular flexibility index (Phi) is 7.43. The molecule has 0 saturated heterocycles.